The van der Waals surface area contributed by atoms with E-state index in [1.165, 1.54) is 18.2 Å². The SMILES string of the molecule is CCOC(=O)CC(O)C(O)c1[nH]nc2cc([N+](=O)[O-])ccc12. The van der Waals surface area contributed by atoms with Crippen LogP contribution in [0.15, 0.2) is 18.2 Å². The highest BCUT2D eigenvalue weighted by molar-refractivity contribution is 5.84. The number of hydrogen-bond donors (Lipinski definition) is 3. The minimum Gasteiger partial charge on any atom is -0.466 e. The number of nitrogens with zero attached hydrogens (tertiary/aromatic N) is 2. The fourth-order valence-electron chi connectivity index (χ4n) is 2.05. The second kappa shape index (κ2) is 6.50. The second-order valence-corrected chi connectivity index (χ2v) is 4.62. The summed E-state index contributed by atoms with van der Waals surface area (Å²) in [5.74, 6) is -0.631. The number of carbonyl (C=O) groups excluding carboxylic acids is 1. The van der Waals surface area contributed by atoms with Crippen molar-refractivity contribution in [3.05, 3.63) is 34.0 Å². The van der Waals surface area contributed by atoms with Gasteiger partial charge in [-0.05, 0) is 13.0 Å². The molecule has 2 atom stereocenters. The maximum absolute atomic E-state index is 11.3. The molecule has 1 heterocycles. The highest BCUT2D eigenvalue weighted by atomic mass is 16.6. The molecule has 2 aromatic rings. The van der Waals surface area contributed by atoms with Gasteiger partial charge in [-0.3, -0.25) is 20.0 Å². The van der Waals surface area contributed by atoms with Crippen molar-refractivity contribution >= 4 is 22.6 Å². The third-order valence-electron chi connectivity index (χ3n) is 3.12. The summed E-state index contributed by atoms with van der Waals surface area (Å²) >= 11 is 0. The average molecular weight is 309 g/mol. The second-order valence-electron chi connectivity index (χ2n) is 4.62. The van der Waals surface area contributed by atoms with Crippen molar-refractivity contribution in [1.29, 1.82) is 0 Å². The molecule has 0 saturated heterocycles. The van der Waals surface area contributed by atoms with Crippen LogP contribution in [-0.4, -0.2) is 44.0 Å². The molecule has 2 rings (SSSR count). The molecule has 0 amide bonds. The molecule has 0 spiro atoms. The minimum atomic E-state index is -1.39. The molecule has 1 aromatic carbocycles. The molecule has 2 unspecified atom stereocenters. The van der Waals surface area contributed by atoms with Crippen LogP contribution >= 0.6 is 0 Å². The van der Waals surface area contributed by atoms with Gasteiger partial charge < -0.3 is 14.9 Å². The van der Waals surface area contributed by atoms with Crippen molar-refractivity contribution in [2.24, 2.45) is 0 Å². The number of esters is 1. The number of non-ortho nitro benzene ring substituents is 1. The Hall–Kier alpha value is -2.52. The Kier molecular flexibility index (Phi) is 4.68. The molecule has 3 N–H and O–H groups in total. The zero-order chi connectivity index (χ0) is 16.3. The Labute approximate surface area is 124 Å². The Bertz CT molecular complexity index is 698. The number of ether oxygens (including phenoxy) is 1. The van der Waals surface area contributed by atoms with E-state index in [1.54, 1.807) is 6.92 Å². The van der Waals surface area contributed by atoms with Crippen LogP contribution in [0.25, 0.3) is 10.9 Å². The maximum Gasteiger partial charge on any atom is 0.308 e. The monoisotopic (exact) mass is 309 g/mol. The van der Waals surface area contributed by atoms with Gasteiger partial charge in [-0.1, -0.05) is 0 Å². The van der Waals surface area contributed by atoms with Crippen molar-refractivity contribution in [1.82, 2.24) is 10.2 Å². The van der Waals surface area contributed by atoms with Gasteiger partial charge in [-0.25, -0.2) is 0 Å². The van der Waals surface area contributed by atoms with E-state index in [1.807, 2.05) is 0 Å². The van der Waals surface area contributed by atoms with Gasteiger partial charge in [0.2, 0.25) is 0 Å². The summed E-state index contributed by atoms with van der Waals surface area (Å²) in [5.41, 5.74) is 0.334. The van der Waals surface area contributed by atoms with E-state index < -0.39 is 23.1 Å². The molecule has 9 nitrogen and oxygen atoms in total. The van der Waals surface area contributed by atoms with E-state index in [0.29, 0.717) is 5.39 Å². The van der Waals surface area contributed by atoms with Gasteiger partial charge >= 0.3 is 5.97 Å². The number of nitro benzene ring substituents is 1. The van der Waals surface area contributed by atoms with Gasteiger partial charge in [0.15, 0.2) is 0 Å². The number of aliphatic hydroxyl groups is 2. The number of carbonyl (C=O) groups is 1. The molecule has 0 saturated carbocycles. The van der Waals surface area contributed by atoms with E-state index in [9.17, 15) is 25.1 Å². The standard InChI is InChI=1S/C13H15N3O6/c1-2-22-11(18)6-10(17)13(19)12-8-4-3-7(16(20)21)5-9(8)14-15-12/h3-5,10,13,17,19H,2,6H2,1H3,(H,14,15). The molecule has 1 aromatic heterocycles. The Morgan fingerprint density at radius 3 is 2.86 bits per heavy atom. The lowest BCUT2D eigenvalue weighted by Gasteiger charge is -2.16. The van der Waals surface area contributed by atoms with E-state index in [-0.39, 0.29) is 29.9 Å². The van der Waals surface area contributed by atoms with E-state index in [4.69, 9.17) is 4.74 Å². The van der Waals surface area contributed by atoms with Crippen LogP contribution in [0, 0.1) is 10.1 Å². The molecule has 0 aliphatic heterocycles. The molecule has 0 aliphatic carbocycles. The summed E-state index contributed by atoms with van der Waals surface area (Å²) in [6, 6.07) is 3.94. The summed E-state index contributed by atoms with van der Waals surface area (Å²) in [6.45, 7) is 1.81. The third-order valence-corrected chi connectivity index (χ3v) is 3.12. The quantitative estimate of drug-likeness (QED) is 0.408. The number of aromatic amines is 1. The number of nitro groups is 1. The molecular weight excluding hydrogens is 294 g/mol. The fraction of sp³-hybridized carbons (Fsp3) is 0.385. The van der Waals surface area contributed by atoms with Crippen LogP contribution in [0.1, 0.15) is 25.1 Å². The number of nitrogens with one attached hydrogen (secondary N) is 1. The summed E-state index contributed by atoms with van der Waals surface area (Å²) < 4.78 is 4.70. The van der Waals surface area contributed by atoms with Crippen molar-refractivity contribution in [2.75, 3.05) is 6.61 Å². The molecule has 22 heavy (non-hydrogen) atoms. The first-order valence-corrected chi connectivity index (χ1v) is 6.58. The highest BCUT2D eigenvalue weighted by Crippen LogP contribution is 2.27. The number of aromatic nitrogens is 2. The van der Waals surface area contributed by atoms with Crippen LogP contribution in [0.2, 0.25) is 0 Å². The highest BCUT2D eigenvalue weighted by Gasteiger charge is 2.25. The maximum atomic E-state index is 11.3. The third kappa shape index (κ3) is 3.21. The summed E-state index contributed by atoms with van der Waals surface area (Å²) in [4.78, 5) is 21.5. The van der Waals surface area contributed by atoms with Gasteiger partial charge in [-0.2, -0.15) is 5.10 Å². The van der Waals surface area contributed by atoms with Gasteiger partial charge in [0.1, 0.15) is 6.10 Å². The summed E-state index contributed by atoms with van der Waals surface area (Å²) in [6.07, 6.45) is -3.14. The van der Waals surface area contributed by atoms with E-state index in [2.05, 4.69) is 10.2 Å². The number of rotatable bonds is 6. The first-order valence-electron chi connectivity index (χ1n) is 6.58. The average Bonchev–Trinajstić information content (AvgIpc) is 2.89. The Balaban J connectivity index is 2.23. The minimum absolute atomic E-state index is 0.132. The van der Waals surface area contributed by atoms with Crippen molar-refractivity contribution < 1.29 is 24.7 Å². The fourth-order valence-corrected chi connectivity index (χ4v) is 2.05. The predicted molar refractivity (Wildman–Crippen MR) is 75.0 cm³/mol. The lowest BCUT2D eigenvalue weighted by Crippen LogP contribution is -2.23. The zero-order valence-electron chi connectivity index (χ0n) is 11.7. The summed E-state index contributed by atoms with van der Waals surface area (Å²) in [5, 5.41) is 37.5. The van der Waals surface area contributed by atoms with Gasteiger partial charge in [0.25, 0.3) is 5.69 Å². The number of fused-ring (bicyclic) bond motifs is 1. The largest absolute Gasteiger partial charge is 0.466 e. The molecule has 0 bridgehead atoms. The number of aliphatic hydroxyl groups excluding tert-OH is 2. The number of H-pyrrole nitrogens is 1. The molecule has 9 heteroatoms. The number of benzene rings is 1. The Morgan fingerprint density at radius 1 is 1.50 bits per heavy atom. The topological polar surface area (TPSA) is 139 Å². The lowest BCUT2D eigenvalue weighted by atomic mass is 10.0. The molecule has 0 aliphatic rings. The van der Waals surface area contributed by atoms with E-state index >= 15 is 0 Å². The molecule has 118 valence electrons. The smallest absolute Gasteiger partial charge is 0.308 e. The van der Waals surface area contributed by atoms with Crippen LogP contribution in [0.5, 0.6) is 0 Å². The molecular formula is C13H15N3O6. The first-order chi connectivity index (χ1) is 10.4. The molecule has 0 radical (unpaired) electrons. The summed E-state index contributed by atoms with van der Waals surface area (Å²) in [7, 11) is 0. The van der Waals surface area contributed by atoms with E-state index in [0.717, 1.165) is 0 Å². The predicted octanol–water partition coefficient (Wildman–Crippen LogP) is 0.819. The van der Waals surface area contributed by atoms with Gasteiger partial charge in [0.05, 0.1) is 35.3 Å². The number of hydrogen-bond acceptors (Lipinski definition) is 7. The van der Waals surface area contributed by atoms with Crippen LogP contribution < -0.4 is 0 Å². The van der Waals surface area contributed by atoms with Crippen LogP contribution in [0.3, 0.4) is 0 Å². The van der Waals surface area contributed by atoms with Crippen LogP contribution in [0.4, 0.5) is 5.69 Å². The van der Waals surface area contributed by atoms with Crippen molar-refractivity contribution in [3.63, 3.8) is 0 Å². The van der Waals surface area contributed by atoms with Crippen molar-refractivity contribution in [2.45, 2.75) is 25.6 Å². The first kappa shape index (κ1) is 15.9. The Morgan fingerprint density at radius 2 is 2.23 bits per heavy atom. The zero-order valence-corrected chi connectivity index (χ0v) is 11.7. The van der Waals surface area contributed by atoms with Gasteiger partial charge in [-0.15, -0.1) is 0 Å². The lowest BCUT2D eigenvalue weighted by molar-refractivity contribution is -0.384. The molecule has 0 fully saturated rings. The van der Waals surface area contributed by atoms with Gasteiger partial charge in [0, 0.05) is 17.5 Å². The van der Waals surface area contributed by atoms with Crippen molar-refractivity contribution in [3.8, 4) is 0 Å². The van der Waals surface area contributed by atoms with Crippen LogP contribution in [-0.2, 0) is 9.53 Å². The normalized spacial score (nSPS) is 13.8.